The molecular formula is C17H22N2OS. The van der Waals surface area contributed by atoms with Crippen molar-refractivity contribution in [1.82, 2.24) is 4.98 Å². The first kappa shape index (κ1) is 15.7. The summed E-state index contributed by atoms with van der Waals surface area (Å²) in [6, 6.07) is 9.83. The monoisotopic (exact) mass is 302 g/mol. The van der Waals surface area contributed by atoms with Crippen molar-refractivity contribution in [2.24, 2.45) is 0 Å². The minimum absolute atomic E-state index is 0.157. The van der Waals surface area contributed by atoms with Gasteiger partial charge in [0, 0.05) is 30.5 Å². The van der Waals surface area contributed by atoms with Crippen molar-refractivity contribution in [3.63, 3.8) is 0 Å². The lowest BCUT2D eigenvalue weighted by Crippen LogP contribution is -2.30. The van der Waals surface area contributed by atoms with Crippen LogP contribution in [0.15, 0.2) is 35.7 Å². The molecule has 0 aliphatic heterocycles. The van der Waals surface area contributed by atoms with Crippen molar-refractivity contribution in [2.75, 3.05) is 11.4 Å². The Kier molecular flexibility index (Phi) is 5.51. The van der Waals surface area contributed by atoms with E-state index in [1.54, 1.807) is 11.3 Å². The van der Waals surface area contributed by atoms with Gasteiger partial charge >= 0.3 is 0 Å². The summed E-state index contributed by atoms with van der Waals surface area (Å²) < 4.78 is 0. The Bertz CT molecular complexity index is 577. The van der Waals surface area contributed by atoms with E-state index < -0.39 is 0 Å². The number of nitrogens with zero attached hydrogens (tertiary/aromatic N) is 2. The van der Waals surface area contributed by atoms with Gasteiger partial charge in [-0.25, -0.2) is 4.98 Å². The van der Waals surface area contributed by atoms with Gasteiger partial charge in [0.25, 0.3) is 0 Å². The molecule has 3 nitrogen and oxygen atoms in total. The van der Waals surface area contributed by atoms with Crippen LogP contribution >= 0.6 is 11.3 Å². The number of hydrogen-bond acceptors (Lipinski definition) is 3. The Hall–Kier alpha value is -1.68. The molecule has 0 unspecified atom stereocenters. The Morgan fingerprint density at radius 2 is 2.00 bits per heavy atom. The van der Waals surface area contributed by atoms with E-state index in [0.717, 1.165) is 22.8 Å². The maximum atomic E-state index is 12.4. The molecule has 1 amide bonds. The number of anilines is 1. The van der Waals surface area contributed by atoms with Crippen molar-refractivity contribution in [2.45, 2.75) is 39.5 Å². The second-order valence-electron chi connectivity index (χ2n) is 5.29. The Morgan fingerprint density at radius 3 is 2.57 bits per heavy atom. The lowest BCUT2D eigenvalue weighted by atomic mass is 10.2. The molecule has 0 radical (unpaired) electrons. The summed E-state index contributed by atoms with van der Waals surface area (Å²) >= 11 is 1.65. The van der Waals surface area contributed by atoms with Gasteiger partial charge in [0.05, 0.1) is 10.7 Å². The second-order valence-corrected chi connectivity index (χ2v) is 6.24. The molecule has 1 heterocycles. The molecule has 21 heavy (non-hydrogen) atoms. The molecule has 0 saturated carbocycles. The van der Waals surface area contributed by atoms with E-state index >= 15 is 0 Å². The predicted molar refractivity (Wildman–Crippen MR) is 89.0 cm³/mol. The fourth-order valence-electron chi connectivity index (χ4n) is 2.16. The molecule has 1 aromatic carbocycles. The van der Waals surface area contributed by atoms with E-state index in [0.29, 0.717) is 18.9 Å². The molecule has 1 aromatic heterocycles. The number of carbonyl (C=O) groups is 1. The van der Waals surface area contributed by atoms with Crippen molar-refractivity contribution in [3.05, 3.63) is 46.4 Å². The van der Waals surface area contributed by atoms with E-state index in [2.05, 4.69) is 24.2 Å². The molecule has 2 aromatic rings. The highest BCUT2D eigenvalue weighted by Gasteiger charge is 2.14. The molecule has 0 aliphatic rings. The Balaban J connectivity index is 1.96. The number of hydrogen-bond donors (Lipinski definition) is 0. The van der Waals surface area contributed by atoms with Crippen LogP contribution in [0.25, 0.3) is 0 Å². The van der Waals surface area contributed by atoms with Crippen LogP contribution in [-0.4, -0.2) is 17.4 Å². The highest BCUT2D eigenvalue weighted by atomic mass is 32.1. The van der Waals surface area contributed by atoms with Gasteiger partial charge < -0.3 is 4.90 Å². The minimum atomic E-state index is 0.157. The van der Waals surface area contributed by atoms with Gasteiger partial charge in [-0.1, -0.05) is 32.0 Å². The highest BCUT2D eigenvalue weighted by molar-refractivity contribution is 7.09. The maximum Gasteiger partial charge on any atom is 0.227 e. The summed E-state index contributed by atoms with van der Waals surface area (Å²) in [4.78, 5) is 18.8. The van der Waals surface area contributed by atoms with Crippen molar-refractivity contribution in [1.29, 1.82) is 0 Å². The van der Waals surface area contributed by atoms with E-state index in [1.807, 2.05) is 42.2 Å². The number of amides is 1. The average Bonchev–Trinajstić information content (AvgIpc) is 2.96. The van der Waals surface area contributed by atoms with Crippen LogP contribution in [0.5, 0.6) is 0 Å². The highest BCUT2D eigenvalue weighted by Crippen LogP contribution is 2.20. The van der Waals surface area contributed by atoms with Crippen LogP contribution < -0.4 is 4.90 Å². The summed E-state index contributed by atoms with van der Waals surface area (Å²) in [6.07, 6.45) is 1.23. The van der Waals surface area contributed by atoms with E-state index in [-0.39, 0.29) is 5.91 Å². The largest absolute Gasteiger partial charge is 0.313 e. The normalized spacial score (nSPS) is 10.9. The lowest BCUT2D eigenvalue weighted by Gasteiger charge is -2.20. The third kappa shape index (κ3) is 4.14. The first-order valence-corrected chi connectivity index (χ1v) is 8.29. The number of para-hydroxylation sites is 1. The van der Waals surface area contributed by atoms with Gasteiger partial charge in [0.15, 0.2) is 0 Å². The van der Waals surface area contributed by atoms with Crippen LogP contribution in [0, 0.1) is 0 Å². The molecule has 0 saturated heterocycles. The smallest absolute Gasteiger partial charge is 0.227 e. The first-order chi connectivity index (χ1) is 10.1. The summed E-state index contributed by atoms with van der Waals surface area (Å²) in [5.74, 6) is 0.604. The number of aromatic nitrogens is 1. The molecule has 0 aliphatic carbocycles. The van der Waals surface area contributed by atoms with E-state index in [9.17, 15) is 4.79 Å². The summed E-state index contributed by atoms with van der Waals surface area (Å²) in [6.45, 7) is 6.97. The Labute approximate surface area is 130 Å². The third-order valence-electron chi connectivity index (χ3n) is 3.40. The average molecular weight is 302 g/mol. The summed E-state index contributed by atoms with van der Waals surface area (Å²) in [5.41, 5.74) is 2.09. The van der Waals surface area contributed by atoms with Crippen molar-refractivity contribution >= 4 is 22.9 Å². The molecule has 112 valence electrons. The molecule has 0 N–H and O–H groups in total. The number of thiazole rings is 1. The zero-order valence-electron chi connectivity index (χ0n) is 12.9. The number of rotatable bonds is 6. The summed E-state index contributed by atoms with van der Waals surface area (Å²) in [7, 11) is 0. The topological polar surface area (TPSA) is 33.2 Å². The quantitative estimate of drug-likeness (QED) is 0.799. The van der Waals surface area contributed by atoms with Crippen LogP contribution in [0.2, 0.25) is 0 Å². The second kappa shape index (κ2) is 7.36. The minimum Gasteiger partial charge on any atom is -0.313 e. The van der Waals surface area contributed by atoms with Crippen LogP contribution in [0.3, 0.4) is 0 Å². The van der Waals surface area contributed by atoms with Crippen LogP contribution in [0.4, 0.5) is 5.69 Å². The van der Waals surface area contributed by atoms with Gasteiger partial charge in [-0.15, -0.1) is 11.3 Å². The van der Waals surface area contributed by atoms with E-state index in [4.69, 9.17) is 0 Å². The van der Waals surface area contributed by atoms with Gasteiger partial charge in [0.1, 0.15) is 0 Å². The molecule has 0 fully saturated rings. The van der Waals surface area contributed by atoms with Crippen LogP contribution in [0.1, 0.15) is 43.8 Å². The zero-order valence-corrected chi connectivity index (χ0v) is 13.7. The Morgan fingerprint density at radius 1 is 1.29 bits per heavy atom. The maximum absolute atomic E-state index is 12.4. The molecular weight excluding hydrogens is 280 g/mol. The molecule has 2 rings (SSSR count). The molecule has 4 heteroatoms. The number of benzene rings is 1. The first-order valence-electron chi connectivity index (χ1n) is 7.41. The zero-order chi connectivity index (χ0) is 15.2. The SMILES string of the molecule is CCN(C(=O)CCc1nc(C(C)C)cs1)c1ccccc1. The van der Waals surface area contributed by atoms with Gasteiger partial charge in [-0.05, 0) is 25.0 Å². The fourth-order valence-corrected chi connectivity index (χ4v) is 3.12. The number of aryl methyl sites for hydroxylation is 1. The molecule has 0 spiro atoms. The van der Waals surface area contributed by atoms with Crippen molar-refractivity contribution in [3.8, 4) is 0 Å². The van der Waals surface area contributed by atoms with Gasteiger partial charge in [-0.3, -0.25) is 4.79 Å². The standard InChI is InChI=1S/C17H22N2OS/c1-4-19(14-8-6-5-7-9-14)17(20)11-10-16-18-15(12-21-16)13(2)3/h5-9,12-13H,4,10-11H2,1-3H3. The third-order valence-corrected chi connectivity index (χ3v) is 4.33. The predicted octanol–water partition coefficient (Wildman–Crippen LogP) is 4.25. The number of carbonyl (C=O) groups excluding carboxylic acids is 1. The van der Waals surface area contributed by atoms with Gasteiger partial charge in [0.2, 0.25) is 5.91 Å². The lowest BCUT2D eigenvalue weighted by molar-refractivity contribution is -0.118. The molecule has 0 atom stereocenters. The summed E-state index contributed by atoms with van der Waals surface area (Å²) in [5, 5.41) is 3.15. The van der Waals surface area contributed by atoms with Crippen LogP contribution in [-0.2, 0) is 11.2 Å². The molecule has 0 bridgehead atoms. The van der Waals surface area contributed by atoms with Crippen molar-refractivity contribution < 1.29 is 4.79 Å². The van der Waals surface area contributed by atoms with Gasteiger partial charge in [-0.2, -0.15) is 0 Å². The van der Waals surface area contributed by atoms with E-state index in [1.165, 1.54) is 0 Å². The fraction of sp³-hybridized carbons (Fsp3) is 0.412.